The van der Waals surface area contributed by atoms with E-state index < -0.39 is 0 Å². The summed E-state index contributed by atoms with van der Waals surface area (Å²) in [4.78, 5) is 0. The summed E-state index contributed by atoms with van der Waals surface area (Å²) in [5.41, 5.74) is 1.34. The zero-order valence-electron chi connectivity index (χ0n) is 5.69. The van der Waals surface area contributed by atoms with Gasteiger partial charge in [0.15, 0.2) is 0 Å². The largest absolute Gasteiger partial charge is 0.120 e. The number of terminal acetylenes is 1. The molecule has 0 nitrogen and oxygen atoms in total. The normalized spacial score (nSPS) is 27.4. The summed E-state index contributed by atoms with van der Waals surface area (Å²) in [5.74, 6) is 3.27. The Kier molecular flexibility index (Phi) is 1.95. The Morgan fingerprint density at radius 2 is 2.44 bits per heavy atom. The lowest BCUT2D eigenvalue weighted by molar-refractivity contribution is 0.511. The number of hydrogen-bond donors (Lipinski definition) is 0. The van der Waals surface area contributed by atoms with Crippen molar-refractivity contribution in [3.05, 3.63) is 12.2 Å². The first kappa shape index (κ1) is 6.42. The van der Waals surface area contributed by atoms with Crippen LogP contribution in [0.3, 0.4) is 0 Å². The molecule has 0 unspecified atom stereocenters. The molecule has 1 aliphatic rings. The molecule has 0 heterocycles. The fourth-order valence-corrected chi connectivity index (χ4v) is 1.29. The molecule has 1 saturated carbocycles. The molecule has 48 valence electrons. The van der Waals surface area contributed by atoms with Gasteiger partial charge in [-0.1, -0.05) is 12.2 Å². The molecule has 1 aliphatic carbocycles. The van der Waals surface area contributed by atoms with Crippen LogP contribution < -0.4 is 0 Å². The fraction of sp³-hybridized carbons (Fsp3) is 0.556. The van der Waals surface area contributed by atoms with E-state index >= 15 is 0 Å². The van der Waals surface area contributed by atoms with Gasteiger partial charge in [-0.15, -0.1) is 12.3 Å². The molecule has 1 fully saturated rings. The maximum absolute atomic E-state index is 5.27. The monoisotopic (exact) mass is 120 g/mol. The third-order valence-electron chi connectivity index (χ3n) is 1.85. The predicted octanol–water partition coefficient (Wildman–Crippen LogP) is 2.37. The number of allylic oxidation sites excluding steroid dienone is 1. The van der Waals surface area contributed by atoms with Crippen molar-refractivity contribution >= 4 is 0 Å². The van der Waals surface area contributed by atoms with Crippen LogP contribution >= 0.6 is 0 Å². The van der Waals surface area contributed by atoms with Crippen LogP contribution in [0.15, 0.2) is 12.2 Å². The molecule has 9 heavy (non-hydrogen) atoms. The van der Waals surface area contributed by atoms with Crippen LogP contribution in [0.25, 0.3) is 0 Å². The molecule has 0 heteroatoms. The molecule has 0 aromatic carbocycles. The van der Waals surface area contributed by atoms with E-state index in [2.05, 4.69) is 12.5 Å². The van der Waals surface area contributed by atoms with Crippen molar-refractivity contribution in [2.24, 2.45) is 5.92 Å². The van der Waals surface area contributed by atoms with Crippen LogP contribution in [0.5, 0.6) is 0 Å². The molecule has 1 atom stereocenters. The third-order valence-corrected chi connectivity index (χ3v) is 1.85. The molecule has 0 amide bonds. The van der Waals surface area contributed by atoms with Crippen molar-refractivity contribution in [3.63, 3.8) is 0 Å². The second kappa shape index (κ2) is 2.73. The zero-order valence-corrected chi connectivity index (χ0v) is 5.69. The van der Waals surface area contributed by atoms with E-state index in [4.69, 9.17) is 6.42 Å². The highest BCUT2D eigenvalue weighted by atomic mass is 14.2. The highest BCUT2D eigenvalue weighted by Gasteiger charge is 2.12. The molecule has 0 aromatic rings. The summed E-state index contributed by atoms with van der Waals surface area (Å²) in [6.45, 7) is 3.92. The Labute approximate surface area is 57.0 Å². The first-order chi connectivity index (χ1) is 4.33. The Hall–Kier alpha value is -0.700. The maximum atomic E-state index is 5.27. The van der Waals surface area contributed by atoms with Gasteiger partial charge in [0.1, 0.15) is 0 Å². The van der Waals surface area contributed by atoms with Gasteiger partial charge in [-0.2, -0.15) is 0 Å². The Balaban J connectivity index is 2.43. The lowest BCUT2D eigenvalue weighted by Crippen LogP contribution is -2.04. The lowest BCUT2D eigenvalue weighted by Gasteiger charge is -2.17. The number of hydrogen-bond acceptors (Lipinski definition) is 0. The second-order valence-electron chi connectivity index (χ2n) is 2.71. The molecular formula is C9H12. The van der Waals surface area contributed by atoms with Gasteiger partial charge in [-0.05, 0) is 25.7 Å². The standard InChI is InChI=1S/C9H12/c1-3-9-6-4-5-8(2)7-9/h1,9H,2,4-7H2/t9-/m0/s1. The van der Waals surface area contributed by atoms with Crippen LogP contribution in [0, 0.1) is 18.3 Å². The number of rotatable bonds is 0. The van der Waals surface area contributed by atoms with Gasteiger partial charge in [-0.25, -0.2) is 0 Å². The quantitative estimate of drug-likeness (QED) is 0.340. The SMILES string of the molecule is C#C[C@H]1CCCC(=C)C1. The minimum Gasteiger partial charge on any atom is -0.120 e. The first-order valence-electron chi connectivity index (χ1n) is 3.45. The van der Waals surface area contributed by atoms with Crippen molar-refractivity contribution in [3.8, 4) is 12.3 Å². The Bertz CT molecular complexity index is 148. The highest BCUT2D eigenvalue weighted by molar-refractivity contribution is 5.07. The molecule has 0 radical (unpaired) electrons. The van der Waals surface area contributed by atoms with Gasteiger partial charge in [0, 0.05) is 5.92 Å². The topological polar surface area (TPSA) is 0 Å². The van der Waals surface area contributed by atoms with Crippen molar-refractivity contribution in [1.82, 2.24) is 0 Å². The molecule has 0 spiro atoms. The Morgan fingerprint density at radius 1 is 1.67 bits per heavy atom. The van der Waals surface area contributed by atoms with Crippen LogP contribution in [0.2, 0.25) is 0 Å². The molecular weight excluding hydrogens is 108 g/mol. The van der Waals surface area contributed by atoms with Gasteiger partial charge >= 0.3 is 0 Å². The summed E-state index contributed by atoms with van der Waals surface area (Å²) < 4.78 is 0. The first-order valence-corrected chi connectivity index (χ1v) is 3.45. The fourth-order valence-electron chi connectivity index (χ4n) is 1.29. The van der Waals surface area contributed by atoms with Crippen LogP contribution in [-0.4, -0.2) is 0 Å². The molecule has 0 aliphatic heterocycles. The molecule has 0 N–H and O–H groups in total. The van der Waals surface area contributed by atoms with E-state index in [0.29, 0.717) is 5.92 Å². The second-order valence-corrected chi connectivity index (χ2v) is 2.71. The molecule has 0 saturated heterocycles. The molecule has 0 bridgehead atoms. The van der Waals surface area contributed by atoms with Crippen molar-refractivity contribution in [1.29, 1.82) is 0 Å². The summed E-state index contributed by atoms with van der Waals surface area (Å²) in [6, 6.07) is 0. The van der Waals surface area contributed by atoms with E-state index in [1.54, 1.807) is 0 Å². The summed E-state index contributed by atoms with van der Waals surface area (Å²) in [6.07, 6.45) is 9.98. The smallest absolute Gasteiger partial charge is 0.0237 e. The highest BCUT2D eigenvalue weighted by Crippen LogP contribution is 2.25. The van der Waals surface area contributed by atoms with Gasteiger partial charge < -0.3 is 0 Å². The summed E-state index contributed by atoms with van der Waals surface area (Å²) in [7, 11) is 0. The van der Waals surface area contributed by atoms with Crippen LogP contribution in [0.1, 0.15) is 25.7 Å². The van der Waals surface area contributed by atoms with E-state index in [-0.39, 0.29) is 0 Å². The minimum atomic E-state index is 0.492. The van der Waals surface area contributed by atoms with Gasteiger partial charge in [0.05, 0.1) is 0 Å². The lowest BCUT2D eigenvalue weighted by atomic mass is 9.87. The Morgan fingerprint density at radius 3 is 2.89 bits per heavy atom. The van der Waals surface area contributed by atoms with E-state index in [0.717, 1.165) is 6.42 Å². The molecule has 1 rings (SSSR count). The van der Waals surface area contributed by atoms with Crippen LogP contribution in [-0.2, 0) is 0 Å². The summed E-state index contributed by atoms with van der Waals surface area (Å²) >= 11 is 0. The van der Waals surface area contributed by atoms with Crippen molar-refractivity contribution in [2.75, 3.05) is 0 Å². The predicted molar refractivity (Wildman–Crippen MR) is 39.9 cm³/mol. The van der Waals surface area contributed by atoms with Crippen molar-refractivity contribution < 1.29 is 0 Å². The third kappa shape index (κ3) is 1.61. The van der Waals surface area contributed by atoms with E-state index in [9.17, 15) is 0 Å². The summed E-state index contributed by atoms with van der Waals surface area (Å²) in [5, 5.41) is 0. The van der Waals surface area contributed by atoms with E-state index in [1.165, 1.54) is 24.8 Å². The van der Waals surface area contributed by atoms with Crippen LogP contribution in [0.4, 0.5) is 0 Å². The zero-order chi connectivity index (χ0) is 6.69. The maximum Gasteiger partial charge on any atom is 0.0237 e. The average Bonchev–Trinajstić information content (AvgIpc) is 1.88. The molecule has 0 aromatic heterocycles. The van der Waals surface area contributed by atoms with E-state index in [1.807, 2.05) is 0 Å². The minimum absolute atomic E-state index is 0.492. The van der Waals surface area contributed by atoms with Gasteiger partial charge in [0.25, 0.3) is 0 Å². The average molecular weight is 120 g/mol. The van der Waals surface area contributed by atoms with Gasteiger partial charge in [0.2, 0.25) is 0 Å². The van der Waals surface area contributed by atoms with Gasteiger partial charge in [-0.3, -0.25) is 0 Å². The van der Waals surface area contributed by atoms with Crippen molar-refractivity contribution in [2.45, 2.75) is 25.7 Å².